The zero-order valence-corrected chi connectivity index (χ0v) is 15.7. The van der Waals surface area contributed by atoms with Gasteiger partial charge in [-0.15, -0.1) is 0 Å². The Hall–Kier alpha value is -3.00. The number of amides is 1. The predicted octanol–water partition coefficient (Wildman–Crippen LogP) is 4.42. The molecule has 1 amide bonds. The molecule has 2 aromatic carbocycles. The van der Waals surface area contributed by atoms with Crippen LogP contribution in [0.4, 0.5) is 5.69 Å². The zero-order chi connectivity index (χ0) is 19.3. The fourth-order valence-electron chi connectivity index (χ4n) is 3.76. The SMILES string of the molecule is CCOc1ccc(NC(=O)C2(c3ccc(OC)cc3)CCCC2)cc1C#N. The summed E-state index contributed by atoms with van der Waals surface area (Å²) in [6, 6.07) is 15.0. The van der Waals surface area contributed by atoms with Crippen LogP contribution in [-0.4, -0.2) is 19.6 Å². The topological polar surface area (TPSA) is 71.3 Å². The maximum Gasteiger partial charge on any atom is 0.235 e. The number of ether oxygens (including phenoxy) is 2. The van der Waals surface area contributed by atoms with Gasteiger partial charge in [0, 0.05) is 5.69 Å². The van der Waals surface area contributed by atoms with E-state index in [0.29, 0.717) is 23.6 Å². The second-order valence-corrected chi connectivity index (χ2v) is 6.73. The second kappa shape index (κ2) is 8.13. The van der Waals surface area contributed by atoms with Crippen molar-refractivity contribution in [3.8, 4) is 17.6 Å². The highest BCUT2D eigenvalue weighted by atomic mass is 16.5. The van der Waals surface area contributed by atoms with Gasteiger partial charge in [-0.1, -0.05) is 25.0 Å². The van der Waals surface area contributed by atoms with E-state index in [1.807, 2.05) is 31.2 Å². The number of nitrogens with zero attached hydrogens (tertiary/aromatic N) is 1. The lowest BCUT2D eigenvalue weighted by Crippen LogP contribution is -2.38. The summed E-state index contributed by atoms with van der Waals surface area (Å²) in [6.07, 6.45) is 3.67. The molecule has 27 heavy (non-hydrogen) atoms. The fraction of sp³-hybridized carbons (Fsp3) is 0.364. The van der Waals surface area contributed by atoms with Gasteiger partial charge in [-0.25, -0.2) is 0 Å². The van der Waals surface area contributed by atoms with E-state index in [2.05, 4.69) is 11.4 Å². The Balaban J connectivity index is 1.87. The first-order valence-corrected chi connectivity index (χ1v) is 9.26. The number of rotatable bonds is 6. The molecular formula is C22H24N2O3. The molecule has 0 aliphatic heterocycles. The summed E-state index contributed by atoms with van der Waals surface area (Å²) in [6.45, 7) is 2.36. The fourth-order valence-corrected chi connectivity index (χ4v) is 3.76. The third-order valence-corrected chi connectivity index (χ3v) is 5.19. The van der Waals surface area contributed by atoms with E-state index in [1.165, 1.54) is 0 Å². The van der Waals surface area contributed by atoms with Crippen LogP contribution in [0.15, 0.2) is 42.5 Å². The minimum atomic E-state index is -0.544. The zero-order valence-electron chi connectivity index (χ0n) is 15.7. The van der Waals surface area contributed by atoms with Gasteiger partial charge in [0.2, 0.25) is 5.91 Å². The number of hydrogen-bond acceptors (Lipinski definition) is 4. The van der Waals surface area contributed by atoms with Gasteiger partial charge in [-0.2, -0.15) is 5.26 Å². The van der Waals surface area contributed by atoms with Crippen molar-refractivity contribution in [2.24, 2.45) is 0 Å². The van der Waals surface area contributed by atoms with E-state index in [1.54, 1.807) is 25.3 Å². The number of hydrogen-bond donors (Lipinski definition) is 1. The molecule has 3 rings (SSSR count). The average molecular weight is 364 g/mol. The van der Waals surface area contributed by atoms with Crippen molar-refractivity contribution in [1.29, 1.82) is 5.26 Å². The van der Waals surface area contributed by atoms with Crippen molar-refractivity contribution in [2.45, 2.75) is 38.0 Å². The van der Waals surface area contributed by atoms with Crippen molar-refractivity contribution in [3.05, 3.63) is 53.6 Å². The average Bonchev–Trinajstić information content (AvgIpc) is 3.20. The third-order valence-electron chi connectivity index (χ3n) is 5.19. The molecule has 0 bridgehead atoms. The highest BCUT2D eigenvalue weighted by molar-refractivity contribution is 5.99. The summed E-state index contributed by atoms with van der Waals surface area (Å²) in [5, 5.41) is 12.4. The monoisotopic (exact) mass is 364 g/mol. The van der Waals surface area contributed by atoms with Gasteiger partial charge in [0.1, 0.15) is 17.6 Å². The molecule has 0 aromatic heterocycles. The van der Waals surface area contributed by atoms with Gasteiger partial charge >= 0.3 is 0 Å². The first-order chi connectivity index (χ1) is 13.1. The molecule has 1 fully saturated rings. The van der Waals surface area contributed by atoms with Crippen LogP contribution in [0.2, 0.25) is 0 Å². The van der Waals surface area contributed by atoms with Crippen molar-refractivity contribution < 1.29 is 14.3 Å². The molecule has 5 nitrogen and oxygen atoms in total. The summed E-state index contributed by atoms with van der Waals surface area (Å²) < 4.78 is 10.7. The number of anilines is 1. The summed E-state index contributed by atoms with van der Waals surface area (Å²) in [7, 11) is 1.63. The summed E-state index contributed by atoms with van der Waals surface area (Å²) >= 11 is 0. The molecule has 1 saturated carbocycles. The standard InChI is InChI=1S/C22H24N2O3/c1-3-27-20-11-8-18(14-16(20)15-23)24-21(25)22(12-4-5-13-22)17-6-9-19(26-2)10-7-17/h6-11,14H,3-5,12-13H2,1-2H3,(H,24,25). The minimum absolute atomic E-state index is 0.0294. The number of carbonyl (C=O) groups is 1. The number of nitrogens with one attached hydrogen (secondary N) is 1. The van der Waals surface area contributed by atoms with Gasteiger partial charge in [0.15, 0.2) is 0 Å². The third kappa shape index (κ3) is 3.75. The molecule has 2 aromatic rings. The first kappa shape index (κ1) is 18.8. The van der Waals surface area contributed by atoms with E-state index in [9.17, 15) is 10.1 Å². The Labute approximate surface area is 159 Å². The predicted molar refractivity (Wildman–Crippen MR) is 104 cm³/mol. The van der Waals surface area contributed by atoms with Crippen molar-refractivity contribution in [2.75, 3.05) is 19.0 Å². The normalized spacial score (nSPS) is 15.0. The molecule has 0 unspecified atom stereocenters. The summed E-state index contributed by atoms with van der Waals surface area (Å²) in [4.78, 5) is 13.2. The molecule has 0 saturated heterocycles. The molecule has 0 radical (unpaired) electrons. The van der Waals surface area contributed by atoms with Crippen LogP contribution in [0.5, 0.6) is 11.5 Å². The van der Waals surface area contributed by atoms with Crippen LogP contribution >= 0.6 is 0 Å². The molecule has 0 spiro atoms. The molecular weight excluding hydrogens is 340 g/mol. The van der Waals surface area contributed by atoms with Gasteiger partial charge in [0.25, 0.3) is 0 Å². The lowest BCUT2D eigenvalue weighted by molar-refractivity contribution is -0.121. The van der Waals surface area contributed by atoms with Crippen LogP contribution < -0.4 is 14.8 Å². The van der Waals surface area contributed by atoms with Gasteiger partial charge in [-0.05, 0) is 55.7 Å². The lowest BCUT2D eigenvalue weighted by atomic mass is 9.78. The molecule has 5 heteroatoms. The second-order valence-electron chi connectivity index (χ2n) is 6.73. The number of methoxy groups -OCH3 is 1. The van der Waals surface area contributed by atoms with E-state index in [0.717, 1.165) is 37.0 Å². The Bertz CT molecular complexity index is 847. The Morgan fingerprint density at radius 1 is 1.19 bits per heavy atom. The summed E-state index contributed by atoms with van der Waals surface area (Å²) in [5.74, 6) is 1.28. The number of benzene rings is 2. The lowest BCUT2D eigenvalue weighted by Gasteiger charge is -2.28. The van der Waals surface area contributed by atoms with E-state index in [4.69, 9.17) is 9.47 Å². The van der Waals surface area contributed by atoms with Gasteiger partial charge < -0.3 is 14.8 Å². The van der Waals surface area contributed by atoms with Crippen molar-refractivity contribution in [3.63, 3.8) is 0 Å². The van der Waals surface area contributed by atoms with Gasteiger partial charge in [0.05, 0.1) is 24.7 Å². The van der Waals surface area contributed by atoms with Crippen molar-refractivity contribution >= 4 is 11.6 Å². The quantitative estimate of drug-likeness (QED) is 0.824. The van der Waals surface area contributed by atoms with Crippen LogP contribution in [-0.2, 0) is 10.2 Å². The van der Waals surface area contributed by atoms with Crippen LogP contribution in [0.1, 0.15) is 43.7 Å². The Morgan fingerprint density at radius 2 is 1.89 bits per heavy atom. The molecule has 0 heterocycles. The van der Waals surface area contributed by atoms with E-state index >= 15 is 0 Å². The minimum Gasteiger partial charge on any atom is -0.497 e. The van der Waals surface area contributed by atoms with Crippen LogP contribution in [0, 0.1) is 11.3 Å². The number of carbonyl (C=O) groups excluding carboxylic acids is 1. The largest absolute Gasteiger partial charge is 0.497 e. The van der Waals surface area contributed by atoms with Crippen LogP contribution in [0.25, 0.3) is 0 Å². The highest BCUT2D eigenvalue weighted by Gasteiger charge is 2.42. The summed E-state index contributed by atoms with van der Waals surface area (Å²) in [5.41, 5.74) is 1.49. The van der Waals surface area contributed by atoms with E-state index < -0.39 is 5.41 Å². The first-order valence-electron chi connectivity index (χ1n) is 9.26. The molecule has 1 aliphatic rings. The maximum atomic E-state index is 13.2. The van der Waals surface area contributed by atoms with E-state index in [-0.39, 0.29) is 5.91 Å². The molecule has 1 N–H and O–H groups in total. The molecule has 1 aliphatic carbocycles. The Morgan fingerprint density at radius 3 is 2.48 bits per heavy atom. The smallest absolute Gasteiger partial charge is 0.235 e. The highest BCUT2D eigenvalue weighted by Crippen LogP contribution is 2.42. The van der Waals surface area contributed by atoms with Crippen LogP contribution in [0.3, 0.4) is 0 Å². The Kier molecular flexibility index (Phi) is 5.66. The molecule has 0 atom stereocenters. The van der Waals surface area contributed by atoms with Crippen molar-refractivity contribution in [1.82, 2.24) is 0 Å². The molecule has 140 valence electrons. The number of nitriles is 1. The van der Waals surface area contributed by atoms with Gasteiger partial charge in [-0.3, -0.25) is 4.79 Å². The maximum absolute atomic E-state index is 13.2.